The Morgan fingerprint density at radius 1 is 1.45 bits per heavy atom. The lowest BCUT2D eigenvalue weighted by molar-refractivity contribution is -0.123. The summed E-state index contributed by atoms with van der Waals surface area (Å²) in [6, 6.07) is 5.16. The molecule has 118 valence electrons. The molecule has 1 aromatic rings. The van der Waals surface area contributed by atoms with E-state index in [1.54, 1.807) is 18.2 Å². The fraction of sp³-hybridized carbons (Fsp3) is 0.357. The predicted molar refractivity (Wildman–Crippen MR) is 82.9 cm³/mol. The maximum atomic E-state index is 11.4. The lowest BCUT2D eigenvalue weighted by Crippen LogP contribution is -2.32. The second-order valence-electron chi connectivity index (χ2n) is 4.67. The molecule has 0 atom stereocenters. The van der Waals surface area contributed by atoms with Crippen LogP contribution in [0.5, 0.6) is 5.75 Å². The van der Waals surface area contributed by atoms with Crippen LogP contribution in [-0.4, -0.2) is 37.2 Å². The van der Waals surface area contributed by atoms with E-state index in [0.717, 1.165) is 11.3 Å². The summed E-state index contributed by atoms with van der Waals surface area (Å²) < 4.78 is 5.36. The van der Waals surface area contributed by atoms with E-state index in [9.17, 15) is 9.59 Å². The first-order valence-electron chi connectivity index (χ1n) is 6.85. The fourth-order valence-electron chi connectivity index (χ4n) is 1.89. The van der Waals surface area contributed by atoms with Crippen molar-refractivity contribution >= 4 is 29.1 Å². The molecule has 0 aromatic heterocycles. The first-order valence-corrected chi connectivity index (χ1v) is 7.23. The molecule has 0 fully saturated rings. The predicted octanol–water partition coefficient (Wildman–Crippen LogP) is 0.408. The minimum Gasteiger partial charge on any atom is -0.482 e. The average Bonchev–Trinajstić information content (AvgIpc) is 2.52. The van der Waals surface area contributed by atoms with Gasteiger partial charge in [-0.25, -0.2) is 5.43 Å². The molecule has 2 rings (SSSR count). The van der Waals surface area contributed by atoms with Gasteiger partial charge >= 0.3 is 0 Å². The van der Waals surface area contributed by atoms with E-state index in [1.807, 2.05) is 0 Å². The number of carbonyl (C=O) groups is 2. The molecule has 1 aliphatic rings. The summed E-state index contributed by atoms with van der Waals surface area (Å²) in [5, 5.41) is 6.98. The quantitative estimate of drug-likeness (QED) is 0.704. The molecule has 22 heavy (non-hydrogen) atoms. The lowest BCUT2D eigenvalue weighted by atomic mass is 10.0. The van der Waals surface area contributed by atoms with Crippen molar-refractivity contribution in [2.45, 2.75) is 12.8 Å². The maximum Gasteiger partial charge on any atom is 0.257 e. The zero-order valence-corrected chi connectivity index (χ0v) is 12.7. The highest BCUT2D eigenvalue weighted by Crippen LogP contribution is 2.26. The zero-order valence-electron chi connectivity index (χ0n) is 11.9. The Morgan fingerprint density at radius 2 is 2.27 bits per heavy atom. The van der Waals surface area contributed by atoms with Crippen LogP contribution in [0.15, 0.2) is 23.3 Å². The van der Waals surface area contributed by atoms with Crippen molar-refractivity contribution in [1.29, 1.82) is 0 Å². The number of amides is 2. The number of nitrogens with zero attached hydrogens (tertiary/aromatic N) is 1. The van der Waals surface area contributed by atoms with Gasteiger partial charge < -0.3 is 15.8 Å². The van der Waals surface area contributed by atoms with Gasteiger partial charge in [-0.05, 0) is 23.8 Å². The molecular formula is C14H17ClN4O3. The first-order chi connectivity index (χ1) is 10.6. The third-order valence-electron chi connectivity index (χ3n) is 2.99. The lowest BCUT2D eigenvalue weighted by Gasteiger charge is -2.13. The summed E-state index contributed by atoms with van der Waals surface area (Å²) in [5.41, 5.74) is 9.29. The van der Waals surface area contributed by atoms with Crippen LogP contribution in [0.1, 0.15) is 18.4 Å². The molecule has 2 amide bonds. The second-order valence-corrected chi connectivity index (χ2v) is 5.07. The number of ether oxygens (including phenoxy) is 1. The van der Waals surface area contributed by atoms with Crippen LogP contribution in [0.2, 0.25) is 5.02 Å². The Bertz CT molecular complexity index is 604. The summed E-state index contributed by atoms with van der Waals surface area (Å²) in [6.45, 7) is 0.649. The number of hydrogen-bond acceptors (Lipinski definition) is 5. The van der Waals surface area contributed by atoms with Gasteiger partial charge in [0.05, 0.1) is 10.7 Å². The maximum absolute atomic E-state index is 11.4. The summed E-state index contributed by atoms with van der Waals surface area (Å²) in [5.74, 6) is 0.0528. The Hall–Kier alpha value is -2.12. The molecule has 0 spiro atoms. The van der Waals surface area contributed by atoms with Gasteiger partial charge in [-0.15, -0.1) is 0 Å². The number of benzene rings is 1. The largest absolute Gasteiger partial charge is 0.482 e. The van der Waals surface area contributed by atoms with Gasteiger partial charge in [0.25, 0.3) is 5.91 Å². The number of halogens is 1. The molecule has 8 heteroatoms. The topological polar surface area (TPSA) is 106 Å². The number of nitrogens with one attached hydrogen (secondary N) is 2. The molecule has 0 saturated heterocycles. The molecule has 1 aliphatic heterocycles. The van der Waals surface area contributed by atoms with E-state index in [1.165, 1.54) is 0 Å². The van der Waals surface area contributed by atoms with Crippen molar-refractivity contribution in [2.75, 3.05) is 19.7 Å². The third kappa shape index (κ3) is 4.44. The van der Waals surface area contributed by atoms with Crippen molar-refractivity contribution in [1.82, 2.24) is 10.7 Å². The standard InChI is InChI=1S/C14H17ClN4O3/c15-10-7-9(11-2-4-13(20)19-18-11)1-3-12(10)22-8-14(21)17-6-5-16/h1,3,7H,2,4-6,8,16H2,(H,17,21)(H,19,20). The van der Waals surface area contributed by atoms with Gasteiger partial charge in [-0.2, -0.15) is 5.10 Å². The molecular weight excluding hydrogens is 308 g/mol. The van der Waals surface area contributed by atoms with Crippen LogP contribution in [0, 0.1) is 0 Å². The Morgan fingerprint density at radius 3 is 2.91 bits per heavy atom. The minimum atomic E-state index is -0.259. The van der Waals surface area contributed by atoms with Crippen molar-refractivity contribution in [2.24, 2.45) is 10.8 Å². The number of nitrogens with two attached hydrogens (primary N) is 1. The molecule has 1 heterocycles. The van der Waals surface area contributed by atoms with Crippen LogP contribution < -0.4 is 21.2 Å². The molecule has 7 nitrogen and oxygen atoms in total. The monoisotopic (exact) mass is 324 g/mol. The van der Waals surface area contributed by atoms with E-state index in [4.69, 9.17) is 22.1 Å². The van der Waals surface area contributed by atoms with E-state index < -0.39 is 0 Å². The highest BCUT2D eigenvalue weighted by Gasteiger charge is 2.15. The van der Waals surface area contributed by atoms with E-state index >= 15 is 0 Å². The molecule has 0 bridgehead atoms. The summed E-state index contributed by atoms with van der Waals surface area (Å²) in [4.78, 5) is 22.5. The molecule has 0 unspecified atom stereocenters. The van der Waals surface area contributed by atoms with Crippen LogP contribution >= 0.6 is 11.6 Å². The Labute approximate surface area is 132 Å². The number of carbonyl (C=O) groups excluding carboxylic acids is 2. The molecule has 1 aromatic carbocycles. The highest BCUT2D eigenvalue weighted by atomic mass is 35.5. The van der Waals surface area contributed by atoms with Crippen molar-refractivity contribution in [3.8, 4) is 5.75 Å². The number of hydrogen-bond donors (Lipinski definition) is 3. The third-order valence-corrected chi connectivity index (χ3v) is 3.29. The van der Waals surface area contributed by atoms with Crippen molar-refractivity contribution in [3.63, 3.8) is 0 Å². The smallest absolute Gasteiger partial charge is 0.257 e. The SMILES string of the molecule is NCCNC(=O)COc1ccc(C2=NNC(=O)CC2)cc1Cl. The summed E-state index contributed by atoms with van der Waals surface area (Å²) in [6.07, 6.45) is 0.958. The Balaban J connectivity index is 1.98. The van der Waals surface area contributed by atoms with Crippen LogP contribution in [0.3, 0.4) is 0 Å². The summed E-state index contributed by atoms with van der Waals surface area (Å²) >= 11 is 6.15. The van der Waals surface area contributed by atoms with Crippen LogP contribution in [-0.2, 0) is 9.59 Å². The second kappa shape index (κ2) is 7.77. The van der Waals surface area contributed by atoms with Crippen molar-refractivity contribution < 1.29 is 14.3 Å². The van der Waals surface area contributed by atoms with Gasteiger partial charge in [0.1, 0.15) is 5.75 Å². The highest BCUT2D eigenvalue weighted by molar-refractivity contribution is 6.32. The number of rotatable bonds is 6. The van der Waals surface area contributed by atoms with Crippen LogP contribution in [0.4, 0.5) is 0 Å². The van der Waals surface area contributed by atoms with Gasteiger partial charge in [-0.1, -0.05) is 11.6 Å². The zero-order chi connectivity index (χ0) is 15.9. The fourth-order valence-corrected chi connectivity index (χ4v) is 2.12. The van der Waals surface area contributed by atoms with Crippen LogP contribution in [0.25, 0.3) is 0 Å². The average molecular weight is 325 g/mol. The normalized spacial score (nSPS) is 14.1. The Kier molecular flexibility index (Phi) is 5.74. The van der Waals surface area contributed by atoms with Gasteiger partial charge in [0, 0.05) is 25.9 Å². The number of hydrazone groups is 1. The van der Waals surface area contributed by atoms with Gasteiger partial charge in [0.15, 0.2) is 6.61 Å². The van der Waals surface area contributed by atoms with Gasteiger partial charge in [0.2, 0.25) is 5.91 Å². The molecule has 4 N–H and O–H groups in total. The first kappa shape index (κ1) is 16.3. The summed E-state index contributed by atoms with van der Waals surface area (Å²) in [7, 11) is 0. The van der Waals surface area contributed by atoms with Crippen molar-refractivity contribution in [3.05, 3.63) is 28.8 Å². The minimum absolute atomic E-state index is 0.0988. The van der Waals surface area contributed by atoms with E-state index in [2.05, 4.69) is 15.8 Å². The van der Waals surface area contributed by atoms with E-state index in [0.29, 0.717) is 36.7 Å². The van der Waals surface area contributed by atoms with Gasteiger partial charge in [-0.3, -0.25) is 9.59 Å². The molecule has 0 radical (unpaired) electrons. The molecule has 0 aliphatic carbocycles. The van der Waals surface area contributed by atoms with E-state index in [-0.39, 0.29) is 18.4 Å². The molecule has 0 saturated carbocycles.